The van der Waals surface area contributed by atoms with Gasteiger partial charge in [0.1, 0.15) is 5.75 Å². The maximum atomic E-state index is 7.17. The van der Waals surface area contributed by atoms with Gasteiger partial charge in [0.05, 0.1) is 13.2 Å². The van der Waals surface area contributed by atoms with Crippen LogP contribution in [0.3, 0.4) is 0 Å². The van der Waals surface area contributed by atoms with Crippen molar-refractivity contribution >= 4 is 16.6 Å². The molecule has 0 saturated carbocycles. The molecule has 0 aliphatic carbocycles. The number of aromatic nitrogens is 1. The highest BCUT2D eigenvalue weighted by Gasteiger charge is 2.20. The van der Waals surface area contributed by atoms with Crippen molar-refractivity contribution in [2.45, 2.75) is 13.3 Å². The highest BCUT2D eigenvalue weighted by Crippen LogP contribution is 2.40. The fraction of sp³-hybridized carbons (Fsp3) is 0.308. The fourth-order valence-corrected chi connectivity index (χ4v) is 2.30. The number of ether oxygens (including phenoxy) is 1. The van der Waals surface area contributed by atoms with E-state index in [1.165, 1.54) is 5.56 Å². The first kappa shape index (κ1) is 9.29. The summed E-state index contributed by atoms with van der Waals surface area (Å²) in [6.45, 7) is 10.0. The van der Waals surface area contributed by atoms with E-state index >= 15 is 0 Å². The molecule has 0 radical (unpaired) electrons. The zero-order valence-corrected chi connectivity index (χ0v) is 9.08. The Morgan fingerprint density at radius 3 is 3.19 bits per heavy atom. The number of hydrogen-bond acceptors (Lipinski definition) is 1. The van der Waals surface area contributed by atoms with Crippen LogP contribution in [0.5, 0.6) is 5.75 Å². The van der Waals surface area contributed by atoms with Crippen molar-refractivity contribution in [1.29, 1.82) is 0 Å². The highest BCUT2D eigenvalue weighted by molar-refractivity contribution is 5.94. The molecule has 2 heterocycles. The molecule has 1 N–H and O–H groups in total. The van der Waals surface area contributed by atoms with E-state index in [1.54, 1.807) is 0 Å². The van der Waals surface area contributed by atoms with Crippen molar-refractivity contribution in [3.63, 3.8) is 0 Å². The van der Waals surface area contributed by atoms with Crippen LogP contribution in [-0.4, -0.2) is 11.6 Å². The molecule has 3 heteroatoms. The second kappa shape index (κ2) is 3.28. The van der Waals surface area contributed by atoms with Crippen LogP contribution in [0.25, 0.3) is 15.7 Å². The third-order valence-corrected chi connectivity index (χ3v) is 3.06. The van der Waals surface area contributed by atoms with Crippen LogP contribution >= 0.6 is 0 Å². The molecular formula is C13H12N2O. The predicted octanol–water partition coefficient (Wildman–Crippen LogP) is 3.29. The van der Waals surface area contributed by atoms with Gasteiger partial charge in [-0.1, -0.05) is 13.0 Å². The van der Waals surface area contributed by atoms with Crippen LogP contribution in [0, 0.1) is 12.5 Å². The van der Waals surface area contributed by atoms with Crippen LogP contribution in [0.15, 0.2) is 18.3 Å². The van der Waals surface area contributed by atoms with E-state index in [0.717, 1.165) is 23.1 Å². The van der Waals surface area contributed by atoms with Gasteiger partial charge in [-0.15, -0.1) is 0 Å². The SMILES string of the molecule is [C-]#[N+]c1ccc2[nH]cc3c2c1OCC(C)C3. The van der Waals surface area contributed by atoms with Crippen LogP contribution < -0.4 is 4.74 Å². The second-order valence-electron chi connectivity index (χ2n) is 4.38. The fourth-order valence-electron chi connectivity index (χ4n) is 2.30. The summed E-state index contributed by atoms with van der Waals surface area (Å²) in [5.41, 5.74) is 2.94. The van der Waals surface area contributed by atoms with E-state index in [1.807, 2.05) is 18.3 Å². The first-order valence-electron chi connectivity index (χ1n) is 5.43. The Morgan fingerprint density at radius 1 is 1.50 bits per heavy atom. The summed E-state index contributed by atoms with van der Waals surface area (Å²) in [6.07, 6.45) is 3.04. The van der Waals surface area contributed by atoms with Gasteiger partial charge in [0, 0.05) is 17.1 Å². The Bertz CT molecular complexity index is 592. The van der Waals surface area contributed by atoms with E-state index < -0.39 is 0 Å². The number of aromatic amines is 1. The molecule has 1 aromatic carbocycles. The molecule has 1 aliphatic heterocycles. The van der Waals surface area contributed by atoms with Crippen molar-refractivity contribution in [2.24, 2.45) is 5.92 Å². The Kier molecular flexibility index (Phi) is 1.90. The summed E-state index contributed by atoms with van der Waals surface area (Å²) in [6, 6.07) is 3.77. The third-order valence-electron chi connectivity index (χ3n) is 3.06. The second-order valence-corrected chi connectivity index (χ2v) is 4.38. The van der Waals surface area contributed by atoms with Crippen LogP contribution in [0.4, 0.5) is 5.69 Å². The van der Waals surface area contributed by atoms with E-state index in [4.69, 9.17) is 11.3 Å². The molecule has 0 fully saturated rings. The number of benzene rings is 1. The standard InChI is InChI=1S/C13H12N2O/c1-8-5-9-6-15-10-3-4-11(14-2)13(12(9)10)16-7-8/h3-4,6,8,15H,5,7H2,1H3. The summed E-state index contributed by atoms with van der Waals surface area (Å²) in [7, 11) is 0. The number of nitrogens with one attached hydrogen (secondary N) is 1. The van der Waals surface area contributed by atoms with Gasteiger partial charge < -0.3 is 9.72 Å². The Balaban J connectivity index is 2.35. The zero-order chi connectivity index (χ0) is 11.1. The van der Waals surface area contributed by atoms with E-state index in [0.29, 0.717) is 18.2 Å². The molecule has 1 aromatic heterocycles. The molecule has 0 saturated heterocycles. The van der Waals surface area contributed by atoms with Crippen molar-refractivity contribution in [3.05, 3.63) is 35.3 Å². The molecule has 0 spiro atoms. The quantitative estimate of drug-likeness (QED) is 0.667. The average molecular weight is 212 g/mol. The minimum absolute atomic E-state index is 0.491. The summed E-state index contributed by atoms with van der Waals surface area (Å²) < 4.78 is 5.78. The Labute approximate surface area is 93.9 Å². The monoisotopic (exact) mass is 212 g/mol. The van der Waals surface area contributed by atoms with E-state index in [-0.39, 0.29) is 0 Å². The molecule has 3 rings (SSSR count). The lowest BCUT2D eigenvalue weighted by molar-refractivity contribution is 0.269. The lowest BCUT2D eigenvalue weighted by atomic mass is 10.0. The van der Waals surface area contributed by atoms with Crippen LogP contribution in [0.1, 0.15) is 12.5 Å². The van der Waals surface area contributed by atoms with Crippen molar-refractivity contribution < 1.29 is 4.74 Å². The lowest BCUT2D eigenvalue weighted by Gasteiger charge is -2.09. The number of rotatable bonds is 0. The number of H-pyrrole nitrogens is 1. The van der Waals surface area contributed by atoms with Gasteiger partial charge in [-0.3, -0.25) is 0 Å². The van der Waals surface area contributed by atoms with Crippen molar-refractivity contribution in [2.75, 3.05) is 6.61 Å². The first-order valence-corrected chi connectivity index (χ1v) is 5.43. The van der Waals surface area contributed by atoms with Crippen molar-refractivity contribution in [3.8, 4) is 5.75 Å². The molecule has 16 heavy (non-hydrogen) atoms. The van der Waals surface area contributed by atoms with Crippen LogP contribution in [0.2, 0.25) is 0 Å². The summed E-state index contributed by atoms with van der Waals surface area (Å²) in [5, 5.41) is 1.10. The molecule has 1 atom stereocenters. The molecule has 1 aliphatic rings. The third kappa shape index (κ3) is 1.20. The predicted molar refractivity (Wildman–Crippen MR) is 62.9 cm³/mol. The molecule has 2 aromatic rings. The first-order chi connectivity index (χ1) is 7.79. The molecule has 3 nitrogen and oxygen atoms in total. The molecule has 0 amide bonds. The molecule has 0 bridgehead atoms. The minimum atomic E-state index is 0.491. The average Bonchev–Trinajstić information content (AvgIpc) is 2.61. The van der Waals surface area contributed by atoms with Gasteiger partial charge in [-0.2, -0.15) is 0 Å². The van der Waals surface area contributed by atoms with Gasteiger partial charge in [-0.05, 0) is 24.0 Å². The van der Waals surface area contributed by atoms with Gasteiger partial charge in [0.15, 0.2) is 0 Å². The topological polar surface area (TPSA) is 29.4 Å². The minimum Gasteiger partial charge on any atom is -0.504 e. The normalized spacial score (nSPS) is 18.9. The lowest BCUT2D eigenvalue weighted by Crippen LogP contribution is -2.08. The van der Waals surface area contributed by atoms with Gasteiger partial charge in [0.25, 0.3) is 0 Å². The van der Waals surface area contributed by atoms with Gasteiger partial charge in [-0.25, -0.2) is 4.85 Å². The number of nitrogens with zero attached hydrogens (tertiary/aromatic N) is 1. The highest BCUT2D eigenvalue weighted by atomic mass is 16.5. The van der Waals surface area contributed by atoms with Gasteiger partial charge in [0.2, 0.25) is 5.69 Å². The summed E-state index contributed by atoms with van der Waals surface area (Å²) >= 11 is 0. The largest absolute Gasteiger partial charge is 0.504 e. The maximum Gasteiger partial charge on any atom is 0.228 e. The smallest absolute Gasteiger partial charge is 0.228 e. The maximum absolute atomic E-state index is 7.17. The molecule has 80 valence electrons. The van der Waals surface area contributed by atoms with E-state index in [9.17, 15) is 0 Å². The Hall–Kier alpha value is -1.95. The Morgan fingerprint density at radius 2 is 2.38 bits per heavy atom. The zero-order valence-electron chi connectivity index (χ0n) is 9.08. The van der Waals surface area contributed by atoms with Crippen LogP contribution in [-0.2, 0) is 6.42 Å². The molecular weight excluding hydrogens is 200 g/mol. The van der Waals surface area contributed by atoms with Gasteiger partial charge >= 0.3 is 0 Å². The molecule has 1 unspecified atom stereocenters. The number of hydrogen-bond donors (Lipinski definition) is 1. The van der Waals surface area contributed by atoms with E-state index in [2.05, 4.69) is 16.8 Å². The van der Waals surface area contributed by atoms with Crippen molar-refractivity contribution in [1.82, 2.24) is 4.98 Å². The summed E-state index contributed by atoms with van der Waals surface area (Å²) in [4.78, 5) is 6.76. The summed E-state index contributed by atoms with van der Waals surface area (Å²) in [5.74, 6) is 1.25.